The van der Waals surface area contributed by atoms with Gasteiger partial charge in [0.2, 0.25) is 0 Å². The number of carbonyl (C=O) groups is 1. The largest absolute Gasteiger partial charge is 0.491 e. The Labute approximate surface area is 168 Å². The molecule has 5 rings (SSSR count). The SMILES string of the molecule is CCC(=O)O[C@@H]1CC[C@H]2[C@@H]3CC=C4C5=C(CC[C@]4(C)[C@H]3CC[C@]12C)OCCO5. The molecule has 1 aliphatic heterocycles. The average molecular weight is 387 g/mol. The van der Waals surface area contributed by atoms with Gasteiger partial charge < -0.3 is 14.2 Å². The van der Waals surface area contributed by atoms with Crippen LogP contribution in [0.3, 0.4) is 0 Å². The Hall–Kier alpha value is -1.45. The summed E-state index contributed by atoms with van der Waals surface area (Å²) in [6, 6.07) is 0. The predicted molar refractivity (Wildman–Crippen MR) is 106 cm³/mol. The van der Waals surface area contributed by atoms with E-state index in [1.54, 1.807) is 0 Å². The first-order chi connectivity index (χ1) is 13.5. The van der Waals surface area contributed by atoms with Crippen molar-refractivity contribution in [3.63, 3.8) is 0 Å². The molecule has 4 nitrogen and oxygen atoms in total. The minimum atomic E-state index is -0.0343. The van der Waals surface area contributed by atoms with E-state index in [1.807, 2.05) is 6.92 Å². The maximum atomic E-state index is 12.0. The van der Waals surface area contributed by atoms with E-state index >= 15 is 0 Å². The van der Waals surface area contributed by atoms with Crippen LogP contribution >= 0.6 is 0 Å². The van der Waals surface area contributed by atoms with Crippen LogP contribution in [0, 0.1) is 28.6 Å². The van der Waals surface area contributed by atoms with Gasteiger partial charge in [0.15, 0.2) is 5.76 Å². The minimum absolute atomic E-state index is 0.0343. The third kappa shape index (κ3) is 2.52. The van der Waals surface area contributed by atoms with Crippen LogP contribution in [-0.4, -0.2) is 25.3 Å². The van der Waals surface area contributed by atoms with Gasteiger partial charge in [-0.2, -0.15) is 0 Å². The van der Waals surface area contributed by atoms with Gasteiger partial charge in [-0.3, -0.25) is 4.79 Å². The molecule has 0 radical (unpaired) electrons. The molecule has 154 valence electrons. The molecule has 0 aromatic rings. The third-order valence-electron chi connectivity index (χ3n) is 8.92. The topological polar surface area (TPSA) is 44.8 Å². The van der Waals surface area contributed by atoms with Crippen LogP contribution in [0.1, 0.15) is 72.1 Å². The van der Waals surface area contributed by atoms with Crippen molar-refractivity contribution in [2.75, 3.05) is 13.2 Å². The van der Waals surface area contributed by atoms with E-state index in [2.05, 4.69) is 19.9 Å². The summed E-state index contributed by atoms with van der Waals surface area (Å²) in [4.78, 5) is 12.0. The van der Waals surface area contributed by atoms with Gasteiger partial charge in [-0.15, -0.1) is 0 Å². The normalized spacial score (nSPS) is 44.2. The van der Waals surface area contributed by atoms with E-state index in [4.69, 9.17) is 14.2 Å². The van der Waals surface area contributed by atoms with Gasteiger partial charge in [-0.25, -0.2) is 0 Å². The number of fused-ring (bicyclic) bond motifs is 6. The molecular weight excluding hydrogens is 352 g/mol. The van der Waals surface area contributed by atoms with Gasteiger partial charge in [0.05, 0.1) is 0 Å². The summed E-state index contributed by atoms with van der Waals surface area (Å²) in [6.45, 7) is 8.13. The summed E-state index contributed by atoms with van der Waals surface area (Å²) in [5.41, 5.74) is 1.77. The van der Waals surface area contributed by atoms with Crippen LogP contribution in [0.5, 0.6) is 0 Å². The van der Waals surface area contributed by atoms with E-state index in [-0.39, 0.29) is 22.9 Å². The first kappa shape index (κ1) is 18.6. The average Bonchev–Trinajstić information content (AvgIpc) is 3.03. The van der Waals surface area contributed by atoms with Gasteiger partial charge in [-0.05, 0) is 67.3 Å². The minimum Gasteiger partial charge on any atom is -0.491 e. The zero-order valence-corrected chi connectivity index (χ0v) is 17.6. The molecule has 0 N–H and O–H groups in total. The smallest absolute Gasteiger partial charge is 0.305 e. The molecule has 1 heterocycles. The lowest BCUT2D eigenvalue weighted by molar-refractivity contribution is -0.159. The van der Waals surface area contributed by atoms with Gasteiger partial charge in [0.25, 0.3) is 0 Å². The molecular formula is C24H34O4. The van der Waals surface area contributed by atoms with Crippen molar-refractivity contribution in [3.8, 4) is 0 Å². The molecule has 28 heavy (non-hydrogen) atoms. The molecule has 0 amide bonds. The maximum absolute atomic E-state index is 12.0. The second-order valence-electron chi connectivity index (χ2n) is 10.1. The summed E-state index contributed by atoms with van der Waals surface area (Å²) in [5, 5.41) is 0. The van der Waals surface area contributed by atoms with Gasteiger partial charge >= 0.3 is 5.97 Å². The Morgan fingerprint density at radius 1 is 1.14 bits per heavy atom. The third-order valence-corrected chi connectivity index (χ3v) is 8.92. The van der Waals surface area contributed by atoms with Crippen LogP contribution in [0.2, 0.25) is 0 Å². The fourth-order valence-corrected chi connectivity index (χ4v) is 7.40. The molecule has 0 aromatic carbocycles. The first-order valence-corrected chi connectivity index (χ1v) is 11.4. The molecule has 5 aliphatic rings. The summed E-state index contributed by atoms with van der Waals surface area (Å²) < 4.78 is 17.9. The van der Waals surface area contributed by atoms with E-state index in [9.17, 15) is 4.79 Å². The Balaban J connectivity index is 1.44. The van der Waals surface area contributed by atoms with Crippen LogP contribution in [-0.2, 0) is 19.0 Å². The summed E-state index contributed by atoms with van der Waals surface area (Å²) in [5.74, 6) is 4.17. The highest BCUT2D eigenvalue weighted by Gasteiger charge is 2.60. The monoisotopic (exact) mass is 386 g/mol. The number of hydrogen-bond acceptors (Lipinski definition) is 4. The molecule has 0 aromatic heterocycles. The highest BCUT2D eigenvalue weighted by Crippen LogP contribution is 2.66. The number of rotatable bonds is 2. The van der Waals surface area contributed by atoms with Crippen LogP contribution in [0.15, 0.2) is 23.2 Å². The highest BCUT2D eigenvalue weighted by molar-refractivity contribution is 5.69. The summed E-state index contributed by atoms with van der Waals surface area (Å²) in [7, 11) is 0. The second kappa shape index (κ2) is 6.53. The Morgan fingerprint density at radius 3 is 2.79 bits per heavy atom. The molecule has 0 saturated heterocycles. The lowest BCUT2D eigenvalue weighted by Crippen LogP contribution is -2.51. The quantitative estimate of drug-likeness (QED) is 0.617. The predicted octanol–water partition coefficient (Wildman–Crippen LogP) is 5.14. The molecule has 4 aliphatic carbocycles. The van der Waals surface area contributed by atoms with Crippen molar-refractivity contribution in [2.45, 2.75) is 78.2 Å². The van der Waals surface area contributed by atoms with Gasteiger partial charge in [-0.1, -0.05) is 26.8 Å². The van der Waals surface area contributed by atoms with Gasteiger partial charge in [0.1, 0.15) is 25.1 Å². The number of carbonyl (C=O) groups excluding carboxylic acids is 1. The number of hydrogen-bond donors (Lipinski definition) is 0. The van der Waals surface area contributed by atoms with Crippen molar-refractivity contribution in [1.82, 2.24) is 0 Å². The second-order valence-corrected chi connectivity index (χ2v) is 10.1. The van der Waals surface area contributed by atoms with E-state index in [0.717, 1.165) is 30.8 Å². The Morgan fingerprint density at radius 2 is 1.96 bits per heavy atom. The van der Waals surface area contributed by atoms with Crippen molar-refractivity contribution >= 4 is 5.97 Å². The first-order valence-electron chi connectivity index (χ1n) is 11.4. The number of ether oxygens (including phenoxy) is 3. The number of esters is 1. The Kier molecular flexibility index (Phi) is 4.33. The van der Waals surface area contributed by atoms with Crippen LogP contribution in [0.25, 0.3) is 0 Å². The van der Waals surface area contributed by atoms with E-state index in [0.29, 0.717) is 37.4 Å². The summed E-state index contributed by atoms with van der Waals surface area (Å²) in [6.07, 6.45) is 11.0. The summed E-state index contributed by atoms with van der Waals surface area (Å²) >= 11 is 0. The molecule has 6 atom stereocenters. The zero-order chi connectivity index (χ0) is 19.5. The molecule has 0 unspecified atom stereocenters. The lowest BCUT2D eigenvalue weighted by Gasteiger charge is -2.57. The van der Waals surface area contributed by atoms with Crippen molar-refractivity contribution in [2.24, 2.45) is 28.6 Å². The van der Waals surface area contributed by atoms with Crippen LogP contribution in [0.4, 0.5) is 0 Å². The molecule has 0 spiro atoms. The molecule has 2 fully saturated rings. The number of allylic oxidation sites excluding steroid dienone is 3. The zero-order valence-electron chi connectivity index (χ0n) is 17.6. The fourth-order valence-electron chi connectivity index (χ4n) is 7.40. The maximum Gasteiger partial charge on any atom is 0.305 e. The Bertz CT molecular complexity index is 737. The highest BCUT2D eigenvalue weighted by atomic mass is 16.6. The molecule has 0 bridgehead atoms. The van der Waals surface area contributed by atoms with E-state index < -0.39 is 0 Å². The van der Waals surface area contributed by atoms with Crippen molar-refractivity contribution in [3.05, 3.63) is 23.2 Å². The standard InChI is InChI=1S/C24H34O4/c1-4-21(25)28-20-8-7-16-15-5-6-18-22-19(26-13-14-27-22)10-12-23(18,2)17(15)9-11-24(16,20)3/h6,15-17,20H,4-5,7-14H2,1-3H3/t15-,16-,17-,20+,23+,24-/m0/s1. The lowest BCUT2D eigenvalue weighted by atomic mass is 9.48. The van der Waals surface area contributed by atoms with Crippen molar-refractivity contribution in [1.29, 1.82) is 0 Å². The van der Waals surface area contributed by atoms with Crippen LogP contribution < -0.4 is 0 Å². The fraction of sp³-hybridized carbons (Fsp3) is 0.792. The molecule has 2 saturated carbocycles. The van der Waals surface area contributed by atoms with Gasteiger partial charge in [0, 0.05) is 18.3 Å². The van der Waals surface area contributed by atoms with E-state index in [1.165, 1.54) is 31.3 Å². The van der Waals surface area contributed by atoms with Crippen molar-refractivity contribution < 1.29 is 19.0 Å². The molecule has 4 heteroatoms.